The molecule has 1 aliphatic rings. The van der Waals surface area contributed by atoms with Gasteiger partial charge in [0.15, 0.2) is 11.5 Å². The first-order chi connectivity index (χ1) is 12.0. The molecule has 130 valence electrons. The van der Waals surface area contributed by atoms with Crippen LogP contribution in [0, 0.1) is 0 Å². The van der Waals surface area contributed by atoms with Gasteiger partial charge in [-0.1, -0.05) is 12.1 Å². The van der Waals surface area contributed by atoms with Crippen LogP contribution in [-0.2, 0) is 12.8 Å². The zero-order valence-electron chi connectivity index (χ0n) is 14.1. The number of carboxylic acids is 1. The highest BCUT2D eigenvalue weighted by molar-refractivity contribution is 6.07. The number of rotatable bonds is 5. The zero-order valence-corrected chi connectivity index (χ0v) is 14.1. The highest BCUT2D eigenvalue weighted by Crippen LogP contribution is 2.37. The number of carbonyl (C=O) groups is 2. The molecule has 0 unspecified atom stereocenters. The van der Waals surface area contributed by atoms with Crippen LogP contribution in [0.3, 0.4) is 0 Å². The number of aryl methyl sites for hydroxylation is 1. The average Bonchev–Trinajstić information content (AvgIpc) is 3.09. The molecule has 0 fully saturated rings. The van der Waals surface area contributed by atoms with Crippen LogP contribution in [0.15, 0.2) is 30.3 Å². The summed E-state index contributed by atoms with van der Waals surface area (Å²) in [5.41, 5.74) is 3.12. The Morgan fingerprint density at radius 3 is 2.60 bits per heavy atom. The van der Waals surface area contributed by atoms with Crippen LogP contribution in [0.5, 0.6) is 11.5 Å². The number of hydrogen-bond acceptors (Lipinski definition) is 4. The molecule has 0 aliphatic heterocycles. The summed E-state index contributed by atoms with van der Waals surface area (Å²) >= 11 is 0. The highest BCUT2D eigenvalue weighted by atomic mass is 16.5. The molecule has 25 heavy (non-hydrogen) atoms. The van der Waals surface area contributed by atoms with Crippen molar-refractivity contribution in [1.29, 1.82) is 0 Å². The van der Waals surface area contributed by atoms with Gasteiger partial charge in [0, 0.05) is 5.56 Å². The molecule has 2 N–H and O–H groups in total. The third-order valence-corrected chi connectivity index (χ3v) is 4.36. The van der Waals surface area contributed by atoms with Crippen molar-refractivity contribution in [2.45, 2.75) is 19.3 Å². The van der Waals surface area contributed by atoms with Gasteiger partial charge >= 0.3 is 5.97 Å². The molecule has 0 spiro atoms. The number of amides is 1. The van der Waals surface area contributed by atoms with Crippen molar-refractivity contribution in [3.63, 3.8) is 0 Å². The summed E-state index contributed by atoms with van der Waals surface area (Å²) in [5, 5.41) is 12.0. The van der Waals surface area contributed by atoms with Gasteiger partial charge in [-0.3, -0.25) is 4.79 Å². The minimum absolute atomic E-state index is 0.00578. The Kier molecular flexibility index (Phi) is 4.61. The van der Waals surface area contributed by atoms with Crippen LogP contribution in [0.1, 0.15) is 38.3 Å². The maximum atomic E-state index is 12.8. The first kappa shape index (κ1) is 16.8. The van der Waals surface area contributed by atoms with Crippen LogP contribution < -0.4 is 14.8 Å². The van der Waals surface area contributed by atoms with E-state index in [-0.39, 0.29) is 28.7 Å². The highest BCUT2D eigenvalue weighted by Gasteiger charge is 2.22. The number of aromatic carboxylic acids is 1. The monoisotopic (exact) mass is 341 g/mol. The van der Waals surface area contributed by atoms with E-state index in [1.807, 2.05) is 12.1 Å². The lowest BCUT2D eigenvalue weighted by molar-refractivity contribution is 0.0696. The molecule has 6 nitrogen and oxygen atoms in total. The van der Waals surface area contributed by atoms with Crippen molar-refractivity contribution in [3.8, 4) is 11.5 Å². The van der Waals surface area contributed by atoms with Crippen LogP contribution >= 0.6 is 0 Å². The van der Waals surface area contributed by atoms with Crippen LogP contribution in [-0.4, -0.2) is 31.2 Å². The zero-order chi connectivity index (χ0) is 18.0. The minimum atomic E-state index is -1.11. The fourth-order valence-corrected chi connectivity index (χ4v) is 3.20. The van der Waals surface area contributed by atoms with E-state index in [2.05, 4.69) is 5.32 Å². The fourth-order valence-electron chi connectivity index (χ4n) is 3.20. The van der Waals surface area contributed by atoms with Gasteiger partial charge in [0.05, 0.1) is 25.5 Å². The molecular formula is C19H19NO5. The molecular weight excluding hydrogens is 322 g/mol. The first-order valence-corrected chi connectivity index (χ1v) is 7.96. The molecule has 2 aromatic rings. The number of benzene rings is 2. The summed E-state index contributed by atoms with van der Waals surface area (Å²) < 4.78 is 10.5. The van der Waals surface area contributed by atoms with E-state index >= 15 is 0 Å². The van der Waals surface area contributed by atoms with E-state index in [9.17, 15) is 14.7 Å². The molecule has 0 radical (unpaired) electrons. The minimum Gasteiger partial charge on any atom is -0.493 e. The summed E-state index contributed by atoms with van der Waals surface area (Å²) in [4.78, 5) is 24.1. The first-order valence-electron chi connectivity index (χ1n) is 7.96. The Labute approximate surface area is 145 Å². The van der Waals surface area contributed by atoms with Gasteiger partial charge < -0.3 is 19.9 Å². The molecule has 0 bridgehead atoms. The maximum absolute atomic E-state index is 12.8. The molecule has 1 amide bonds. The molecule has 0 aromatic heterocycles. The van der Waals surface area contributed by atoms with E-state index in [4.69, 9.17) is 9.47 Å². The Balaban J connectivity index is 2.00. The number of hydrogen-bond donors (Lipinski definition) is 2. The van der Waals surface area contributed by atoms with Gasteiger partial charge in [0.1, 0.15) is 0 Å². The second kappa shape index (κ2) is 6.84. The molecule has 0 saturated heterocycles. The predicted molar refractivity (Wildman–Crippen MR) is 92.9 cm³/mol. The number of carboxylic acid groups (broad SMARTS) is 1. The van der Waals surface area contributed by atoms with E-state index in [1.165, 1.54) is 31.9 Å². The average molecular weight is 341 g/mol. The van der Waals surface area contributed by atoms with E-state index < -0.39 is 5.97 Å². The number of carbonyl (C=O) groups excluding carboxylic acids is 1. The predicted octanol–water partition coefficient (Wildman–Crippen LogP) is 3.14. The van der Waals surface area contributed by atoms with Crippen LogP contribution in [0.2, 0.25) is 0 Å². The summed E-state index contributed by atoms with van der Waals surface area (Å²) in [7, 11) is 2.85. The number of ether oxygens (including phenoxy) is 2. The second-order valence-corrected chi connectivity index (χ2v) is 5.82. The topological polar surface area (TPSA) is 84.9 Å². The second-order valence-electron chi connectivity index (χ2n) is 5.82. The largest absolute Gasteiger partial charge is 0.493 e. The van der Waals surface area contributed by atoms with E-state index in [0.717, 1.165) is 24.8 Å². The number of nitrogens with one attached hydrogen (secondary N) is 1. The lowest BCUT2D eigenvalue weighted by Gasteiger charge is -2.15. The van der Waals surface area contributed by atoms with Crippen molar-refractivity contribution in [1.82, 2.24) is 0 Å². The Morgan fingerprint density at radius 1 is 1.12 bits per heavy atom. The number of methoxy groups -OCH3 is 2. The summed E-state index contributed by atoms with van der Waals surface area (Å²) in [6.07, 6.45) is 2.88. The smallest absolute Gasteiger partial charge is 0.335 e. The van der Waals surface area contributed by atoms with Crippen LogP contribution in [0.25, 0.3) is 0 Å². The van der Waals surface area contributed by atoms with Gasteiger partial charge in [0.2, 0.25) is 0 Å². The van der Waals surface area contributed by atoms with Crippen LogP contribution in [0.4, 0.5) is 5.69 Å². The molecule has 6 heteroatoms. The number of anilines is 1. The Morgan fingerprint density at radius 2 is 1.92 bits per heavy atom. The SMILES string of the molecule is COc1cc(C(=O)O)cc(NC(=O)c2cccc3c2CCC3)c1OC. The van der Waals surface area contributed by atoms with Crippen molar-refractivity contribution < 1.29 is 24.2 Å². The third-order valence-electron chi connectivity index (χ3n) is 4.36. The Bertz CT molecular complexity index is 844. The normalized spacial score (nSPS) is 12.4. The lowest BCUT2D eigenvalue weighted by atomic mass is 10.0. The molecule has 3 rings (SSSR count). The summed E-state index contributed by atoms with van der Waals surface area (Å²) in [6, 6.07) is 8.41. The van der Waals surface area contributed by atoms with Gasteiger partial charge in [-0.05, 0) is 48.6 Å². The van der Waals surface area contributed by atoms with Gasteiger partial charge in [0.25, 0.3) is 5.91 Å². The quantitative estimate of drug-likeness (QED) is 0.873. The molecule has 0 saturated carbocycles. The maximum Gasteiger partial charge on any atom is 0.335 e. The molecule has 0 heterocycles. The Hall–Kier alpha value is -3.02. The van der Waals surface area contributed by atoms with Crippen molar-refractivity contribution in [2.24, 2.45) is 0 Å². The van der Waals surface area contributed by atoms with Crippen molar-refractivity contribution in [2.75, 3.05) is 19.5 Å². The van der Waals surface area contributed by atoms with E-state index in [0.29, 0.717) is 5.56 Å². The third kappa shape index (κ3) is 3.15. The van der Waals surface area contributed by atoms with Gasteiger partial charge in [-0.2, -0.15) is 0 Å². The molecule has 0 atom stereocenters. The molecule has 2 aromatic carbocycles. The summed E-state index contributed by atoms with van der Waals surface area (Å²) in [5.74, 6) is -0.872. The summed E-state index contributed by atoms with van der Waals surface area (Å²) in [6.45, 7) is 0. The lowest BCUT2D eigenvalue weighted by Crippen LogP contribution is -2.15. The van der Waals surface area contributed by atoms with Crippen molar-refractivity contribution >= 4 is 17.6 Å². The van der Waals surface area contributed by atoms with Crippen molar-refractivity contribution in [3.05, 3.63) is 52.6 Å². The number of fused-ring (bicyclic) bond motifs is 1. The molecule has 1 aliphatic carbocycles. The fraction of sp³-hybridized carbons (Fsp3) is 0.263. The van der Waals surface area contributed by atoms with Gasteiger partial charge in [-0.25, -0.2) is 4.79 Å². The van der Waals surface area contributed by atoms with Gasteiger partial charge in [-0.15, -0.1) is 0 Å². The van der Waals surface area contributed by atoms with E-state index in [1.54, 1.807) is 6.07 Å². The standard InChI is InChI=1S/C19H19NO5/c1-24-16-10-12(19(22)23)9-15(17(16)25-2)20-18(21)14-8-4-6-11-5-3-7-13(11)14/h4,6,8-10H,3,5,7H2,1-2H3,(H,20,21)(H,22,23).